The molecule has 0 radical (unpaired) electrons. The number of para-hydroxylation sites is 1. The maximum atomic E-state index is 13.4. The lowest BCUT2D eigenvalue weighted by molar-refractivity contribution is 0.0749. The molecule has 2 fully saturated rings. The molecule has 2 unspecified atom stereocenters. The van der Waals surface area contributed by atoms with Gasteiger partial charge in [0.2, 0.25) is 0 Å². The second-order valence-electron chi connectivity index (χ2n) is 7.33. The van der Waals surface area contributed by atoms with Gasteiger partial charge in [0, 0.05) is 31.4 Å². The van der Waals surface area contributed by atoms with Crippen LogP contribution in [0, 0.1) is 0 Å². The van der Waals surface area contributed by atoms with Crippen molar-refractivity contribution in [2.45, 2.75) is 31.3 Å². The van der Waals surface area contributed by atoms with E-state index in [1.54, 1.807) is 11.3 Å². The van der Waals surface area contributed by atoms with Crippen LogP contribution in [0.4, 0.5) is 0 Å². The number of carbonyl (C=O) groups excluding carboxylic acids is 1. The highest BCUT2D eigenvalue weighted by molar-refractivity contribution is 7.13. The fourth-order valence-corrected chi connectivity index (χ4v) is 4.86. The number of fused-ring (bicyclic) bond motifs is 2. The van der Waals surface area contributed by atoms with E-state index in [4.69, 9.17) is 5.10 Å². The van der Waals surface area contributed by atoms with Gasteiger partial charge in [0.05, 0.1) is 16.1 Å². The molecule has 27 heavy (non-hydrogen) atoms. The van der Waals surface area contributed by atoms with E-state index in [2.05, 4.69) is 5.32 Å². The third kappa shape index (κ3) is 3.19. The van der Waals surface area contributed by atoms with Crippen molar-refractivity contribution in [2.24, 2.45) is 0 Å². The van der Waals surface area contributed by atoms with Crippen molar-refractivity contribution in [3.05, 3.63) is 59.6 Å². The van der Waals surface area contributed by atoms with Crippen LogP contribution in [0.3, 0.4) is 0 Å². The smallest absolute Gasteiger partial charge is 0.257 e. The second kappa shape index (κ2) is 6.94. The first-order chi connectivity index (χ1) is 13.3. The van der Waals surface area contributed by atoms with Crippen LogP contribution < -0.4 is 5.32 Å². The summed E-state index contributed by atoms with van der Waals surface area (Å²) in [5.41, 5.74) is 2.44. The van der Waals surface area contributed by atoms with Crippen molar-refractivity contribution in [1.82, 2.24) is 20.0 Å². The Balaban J connectivity index is 1.52. The molecular formula is C21H22N4OS. The number of nitrogens with zero attached hydrogens (tertiary/aromatic N) is 3. The predicted octanol–water partition coefficient (Wildman–Crippen LogP) is 3.57. The highest BCUT2D eigenvalue weighted by Crippen LogP contribution is 2.30. The van der Waals surface area contributed by atoms with Crippen molar-refractivity contribution in [1.29, 1.82) is 0 Å². The van der Waals surface area contributed by atoms with E-state index >= 15 is 0 Å². The summed E-state index contributed by atoms with van der Waals surface area (Å²) in [5.74, 6) is 0.0925. The van der Waals surface area contributed by atoms with E-state index in [9.17, 15) is 4.79 Å². The summed E-state index contributed by atoms with van der Waals surface area (Å²) in [6.07, 6.45) is 5.32. The maximum absolute atomic E-state index is 13.4. The Morgan fingerprint density at radius 1 is 1.07 bits per heavy atom. The minimum Gasteiger partial charge on any atom is -0.337 e. The molecule has 4 heterocycles. The van der Waals surface area contributed by atoms with E-state index in [1.165, 1.54) is 6.42 Å². The highest BCUT2D eigenvalue weighted by atomic mass is 32.1. The molecule has 2 aromatic heterocycles. The van der Waals surface area contributed by atoms with E-state index in [1.807, 2.05) is 63.6 Å². The largest absolute Gasteiger partial charge is 0.337 e. The normalized spacial score (nSPS) is 22.0. The monoisotopic (exact) mass is 378 g/mol. The van der Waals surface area contributed by atoms with Gasteiger partial charge in [0.1, 0.15) is 5.69 Å². The van der Waals surface area contributed by atoms with Crippen LogP contribution in [-0.2, 0) is 0 Å². The molecule has 0 spiro atoms. The summed E-state index contributed by atoms with van der Waals surface area (Å²) < 4.78 is 1.82. The number of aromatic nitrogens is 2. The van der Waals surface area contributed by atoms with Gasteiger partial charge in [-0.2, -0.15) is 5.10 Å². The van der Waals surface area contributed by atoms with Crippen LogP contribution in [0.2, 0.25) is 0 Å². The molecular weight excluding hydrogens is 356 g/mol. The zero-order valence-corrected chi connectivity index (χ0v) is 15.9. The van der Waals surface area contributed by atoms with Gasteiger partial charge in [-0.1, -0.05) is 24.3 Å². The molecule has 0 aliphatic carbocycles. The van der Waals surface area contributed by atoms with Gasteiger partial charge in [-0.05, 0) is 42.8 Å². The van der Waals surface area contributed by atoms with Crippen molar-refractivity contribution in [2.75, 3.05) is 13.1 Å². The molecule has 2 aliphatic rings. The first-order valence-electron chi connectivity index (χ1n) is 9.52. The number of hydrogen-bond acceptors (Lipinski definition) is 4. The topological polar surface area (TPSA) is 50.2 Å². The number of carbonyl (C=O) groups is 1. The van der Waals surface area contributed by atoms with Crippen molar-refractivity contribution in [3.8, 4) is 16.3 Å². The summed E-state index contributed by atoms with van der Waals surface area (Å²) >= 11 is 1.62. The Morgan fingerprint density at radius 3 is 2.74 bits per heavy atom. The number of thiophene rings is 1. The minimum absolute atomic E-state index is 0.0925. The van der Waals surface area contributed by atoms with Crippen LogP contribution in [0.5, 0.6) is 0 Å². The third-order valence-corrected chi connectivity index (χ3v) is 6.41. The Labute approximate surface area is 162 Å². The van der Waals surface area contributed by atoms with Crippen LogP contribution in [-0.4, -0.2) is 45.8 Å². The standard InChI is InChI=1S/C21H22N4OS/c26-21(24-11-10-15-8-9-16(13-24)22-15)18-14-25(17-5-2-1-3-6-17)23-20(18)19-7-4-12-27-19/h1-7,12,14-16,22H,8-11,13H2. The average Bonchev–Trinajstić information content (AvgIpc) is 3.41. The fourth-order valence-electron chi connectivity index (χ4n) is 4.14. The highest BCUT2D eigenvalue weighted by Gasteiger charge is 2.33. The number of nitrogens with one attached hydrogen (secondary N) is 1. The van der Waals surface area contributed by atoms with Gasteiger partial charge in [0.25, 0.3) is 5.91 Å². The lowest BCUT2D eigenvalue weighted by atomic mass is 10.1. The van der Waals surface area contributed by atoms with Gasteiger partial charge in [-0.15, -0.1) is 11.3 Å². The summed E-state index contributed by atoms with van der Waals surface area (Å²) in [7, 11) is 0. The van der Waals surface area contributed by atoms with E-state index in [0.29, 0.717) is 17.6 Å². The molecule has 0 saturated carbocycles. The molecule has 1 aromatic carbocycles. The molecule has 6 heteroatoms. The Bertz CT molecular complexity index is 935. The lowest BCUT2D eigenvalue weighted by Gasteiger charge is -2.24. The molecule has 5 rings (SSSR count). The van der Waals surface area contributed by atoms with Crippen LogP contribution in [0.15, 0.2) is 54.0 Å². The van der Waals surface area contributed by atoms with E-state index < -0.39 is 0 Å². The maximum Gasteiger partial charge on any atom is 0.257 e. The van der Waals surface area contributed by atoms with Crippen LogP contribution >= 0.6 is 11.3 Å². The van der Waals surface area contributed by atoms with E-state index in [0.717, 1.165) is 42.2 Å². The molecule has 1 amide bonds. The summed E-state index contributed by atoms with van der Waals surface area (Å²) in [4.78, 5) is 16.5. The Hall–Kier alpha value is -2.44. The minimum atomic E-state index is 0.0925. The fraction of sp³-hybridized carbons (Fsp3) is 0.333. The summed E-state index contributed by atoms with van der Waals surface area (Å²) in [5, 5.41) is 10.5. The van der Waals surface area contributed by atoms with Crippen LogP contribution in [0.25, 0.3) is 16.3 Å². The molecule has 3 aromatic rings. The van der Waals surface area contributed by atoms with Gasteiger partial charge in [-0.25, -0.2) is 4.68 Å². The second-order valence-corrected chi connectivity index (χ2v) is 8.27. The number of hydrogen-bond donors (Lipinski definition) is 1. The predicted molar refractivity (Wildman–Crippen MR) is 107 cm³/mol. The number of benzene rings is 1. The summed E-state index contributed by atoms with van der Waals surface area (Å²) in [6.45, 7) is 1.60. The third-order valence-electron chi connectivity index (χ3n) is 5.53. The molecule has 1 N–H and O–H groups in total. The number of rotatable bonds is 3. The molecule has 5 nitrogen and oxygen atoms in total. The van der Waals surface area contributed by atoms with Gasteiger partial charge < -0.3 is 10.2 Å². The molecule has 2 saturated heterocycles. The Morgan fingerprint density at radius 2 is 1.93 bits per heavy atom. The first kappa shape index (κ1) is 16.7. The molecule has 2 aliphatic heterocycles. The van der Waals surface area contributed by atoms with E-state index in [-0.39, 0.29) is 5.91 Å². The van der Waals surface area contributed by atoms with Crippen LogP contribution in [0.1, 0.15) is 29.6 Å². The summed E-state index contributed by atoms with van der Waals surface area (Å²) in [6, 6.07) is 15.0. The van der Waals surface area contributed by atoms with Gasteiger partial charge >= 0.3 is 0 Å². The van der Waals surface area contributed by atoms with Gasteiger partial charge in [-0.3, -0.25) is 4.79 Å². The van der Waals surface area contributed by atoms with Crippen molar-refractivity contribution >= 4 is 17.2 Å². The average molecular weight is 379 g/mol. The van der Waals surface area contributed by atoms with Gasteiger partial charge in [0.15, 0.2) is 0 Å². The molecule has 138 valence electrons. The Kier molecular flexibility index (Phi) is 4.30. The number of likely N-dealkylation sites (tertiary alicyclic amines) is 1. The zero-order valence-electron chi connectivity index (χ0n) is 15.0. The van der Waals surface area contributed by atoms with Crippen molar-refractivity contribution in [3.63, 3.8) is 0 Å². The molecule has 2 bridgehead atoms. The lowest BCUT2D eigenvalue weighted by Crippen LogP contribution is -2.39. The SMILES string of the molecule is O=C(c1cn(-c2ccccc2)nc1-c1cccs1)N1CCC2CCC(C1)N2. The molecule has 2 atom stereocenters. The first-order valence-corrected chi connectivity index (χ1v) is 10.4. The number of amides is 1. The quantitative estimate of drug-likeness (QED) is 0.758. The van der Waals surface area contributed by atoms with Crippen molar-refractivity contribution < 1.29 is 4.79 Å². The zero-order chi connectivity index (χ0) is 18.2.